The first-order chi connectivity index (χ1) is 8.04. The van der Waals surface area contributed by atoms with Gasteiger partial charge in [0.15, 0.2) is 0 Å². The molecular weight excluding hydrogens is 210 g/mol. The maximum atomic E-state index is 11.0. The number of nitrogen functional groups attached to an aromatic ring is 1. The molecule has 17 heavy (non-hydrogen) atoms. The minimum atomic E-state index is 0.361. The van der Waals surface area contributed by atoms with E-state index in [0.717, 1.165) is 29.0 Å². The fraction of sp³-hybridized carbons (Fsp3) is 0.533. The molecular formula is C15H21NO. The molecule has 0 saturated heterocycles. The Labute approximate surface area is 103 Å². The van der Waals surface area contributed by atoms with Crippen LogP contribution in [0, 0.1) is 5.92 Å². The van der Waals surface area contributed by atoms with Gasteiger partial charge >= 0.3 is 0 Å². The van der Waals surface area contributed by atoms with Gasteiger partial charge in [-0.2, -0.15) is 0 Å². The first-order valence-electron chi connectivity index (χ1n) is 6.43. The van der Waals surface area contributed by atoms with Crippen LogP contribution in [0.5, 0.6) is 0 Å². The third-order valence-corrected chi connectivity index (χ3v) is 3.84. The van der Waals surface area contributed by atoms with Crippen LogP contribution in [-0.2, 0) is 0 Å². The van der Waals surface area contributed by atoms with Crippen LogP contribution in [-0.4, -0.2) is 6.29 Å². The van der Waals surface area contributed by atoms with E-state index in [9.17, 15) is 4.79 Å². The molecule has 0 aromatic heterocycles. The number of carbonyl (C=O) groups excluding carboxylic acids is 1. The van der Waals surface area contributed by atoms with Crippen molar-refractivity contribution >= 4 is 12.0 Å². The summed E-state index contributed by atoms with van der Waals surface area (Å²) in [5.74, 6) is 1.60. The molecule has 1 saturated carbocycles. The normalized spacial score (nSPS) is 17.2. The van der Waals surface area contributed by atoms with Gasteiger partial charge in [-0.25, -0.2) is 0 Å². The van der Waals surface area contributed by atoms with Crippen LogP contribution in [0.3, 0.4) is 0 Å². The number of carbonyl (C=O) groups is 1. The average molecular weight is 231 g/mol. The van der Waals surface area contributed by atoms with Crippen molar-refractivity contribution in [1.82, 2.24) is 0 Å². The second-order valence-corrected chi connectivity index (χ2v) is 5.51. The summed E-state index contributed by atoms with van der Waals surface area (Å²) < 4.78 is 0. The predicted molar refractivity (Wildman–Crippen MR) is 71.5 cm³/mol. The van der Waals surface area contributed by atoms with Crippen molar-refractivity contribution in [2.24, 2.45) is 5.92 Å². The fourth-order valence-electron chi connectivity index (χ4n) is 2.50. The molecule has 1 aromatic carbocycles. The van der Waals surface area contributed by atoms with Crippen LogP contribution >= 0.6 is 0 Å². The molecule has 0 bridgehead atoms. The van der Waals surface area contributed by atoms with E-state index in [4.69, 9.17) is 5.73 Å². The zero-order valence-electron chi connectivity index (χ0n) is 10.9. The first kappa shape index (κ1) is 12.2. The smallest absolute Gasteiger partial charge is 0.150 e. The highest BCUT2D eigenvalue weighted by molar-refractivity contribution is 5.78. The lowest BCUT2D eigenvalue weighted by Gasteiger charge is -2.19. The van der Waals surface area contributed by atoms with Crippen molar-refractivity contribution < 1.29 is 4.79 Å². The largest absolute Gasteiger partial charge is 0.398 e. The van der Waals surface area contributed by atoms with Crippen molar-refractivity contribution in [1.29, 1.82) is 0 Å². The summed E-state index contributed by atoms with van der Waals surface area (Å²) in [6, 6.07) is 3.90. The van der Waals surface area contributed by atoms with Gasteiger partial charge < -0.3 is 5.73 Å². The van der Waals surface area contributed by atoms with Crippen LogP contribution in [0.15, 0.2) is 12.1 Å². The quantitative estimate of drug-likeness (QED) is 0.634. The Hall–Kier alpha value is -1.31. The highest BCUT2D eigenvalue weighted by atomic mass is 16.1. The summed E-state index contributed by atoms with van der Waals surface area (Å²) in [6.45, 7) is 6.46. The van der Waals surface area contributed by atoms with E-state index in [-0.39, 0.29) is 0 Å². The summed E-state index contributed by atoms with van der Waals surface area (Å²) in [5.41, 5.74) is 10.2. The maximum Gasteiger partial charge on any atom is 0.150 e. The maximum absolute atomic E-state index is 11.0. The molecule has 92 valence electrons. The summed E-state index contributed by atoms with van der Waals surface area (Å²) >= 11 is 0. The zero-order valence-corrected chi connectivity index (χ0v) is 10.9. The fourth-order valence-corrected chi connectivity index (χ4v) is 2.50. The van der Waals surface area contributed by atoms with Gasteiger partial charge in [-0.15, -0.1) is 0 Å². The molecule has 2 nitrogen and oxygen atoms in total. The molecule has 1 atom stereocenters. The van der Waals surface area contributed by atoms with Crippen LogP contribution in [0.4, 0.5) is 5.69 Å². The Morgan fingerprint density at radius 2 is 1.82 bits per heavy atom. The highest BCUT2D eigenvalue weighted by Gasteiger charge is 2.30. The lowest BCUT2D eigenvalue weighted by atomic mass is 9.88. The molecule has 1 aromatic rings. The van der Waals surface area contributed by atoms with Gasteiger partial charge in [-0.3, -0.25) is 4.79 Å². The average Bonchev–Trinajstić information content (AvgIpc) is 3.12. The number of rotatable bonds is 4. The van der Waals surface area contributed by atoms with Gasteiger partial charge in [0.25, 0.3) is 0 Å². The van der Waals surface area contributed by atoms with E-state index >= 15 is 0 Å². The molecule has 0 heterocycles. The Bertz CT molecular complexity index is 433. The van der Waals surface area contributed by atoms with Crippen LogP contribution in [0.25, 0.3) is 0 Å². The van der Waals surface area contributed by atoms with Gasteiger partial charge in [-0.1, -0.05) is 20.8 Å². The van der Waals surface area contributed by atoms with Crippen molar-refractivity contribution in [3.8, 4) is 0 Å². The third-order valence-electron chi connectivity index (χ3n) is 3.84. The highest BCUT2D eigenvalue weighted by Crippen LogP contribution is 2.45. The minimum Gasteiger partial charge on any atom is -0.398 e. The van der Waals surface area contributed by atoms with Crippen LogP contribution in [0.2, 0.25) is 0 Å². The second kappa shape index (κ2) is 4.52. The number of anilines is 1. The molecule has 0 aliphatic heterocycles. The second-order valence-electron chi connectivity index (χ2n) is 5.51. The molecule has 0 radical (unpaired) electrons. The molecule has 2 heteroatoms. The van der Waals surface area contributed by atoms with E-state index in [0.29, 0.717) is 11.8 Å². The van der Waals surface area contributed by atoms with Crippen molar-refractivity contribution in [2.45, 2.75) is 45.4 Å². The predicted octanol–water partition coefficient (Wildman–Crippen LogP) is 3.72. The Morgan fingerprint density at radius 1 is 1.24 bits per heavy atom. The van der Waals surface area contributed by atoms with Gasteiger partial charge in [0.05, 0.1) is 0 Å². The molecule has 2 rings (SSSR count). The first-order valence-corrected chi connectivity index (χ1v) is 6.43. The minimum absolute atomic E-state index is 0.361. The van der Waals surface area contributed by atoms with E-state index in [1.54, 1.807) is 0 Å². The van der Waals surface area contributed by atoms with Gasteiger partial charge in [0, 0.05) is 11.3 Å². The zero-order chi connectivity index (χ0) is 12.6. The molecule has 0 amide bonds. The van der Waals surface area contributed by atoms with E-state index in [2.05, 4.69) is 20.8 Å². The Balaban J connectivity index is 2.48. The van der Waals surface area contributed by atoms with Crippen LogP contribution < -0.4 is 5.73 Å². The lowest BCUT2D eigenvalue weighted by molar-refractivity contribution is 0.112. The summed E-state index contributed by atoms with van der Waals surface area (Å²) in [6.07, 6.45) is 3.51. The summed E-state index contributed by atoms with van der Waals surface area (Å²) in [7, 11) is 0. The van der Waals surface area contributed by atoms with Crippen molar-refractivity contribution in [2.75, 3.05) is 5.73 Å². The number of hydrogen-bond donors (Lipinski definition) is 1. The monoisotopic (exact) mass is 231 g/mol. The molecule has 0 unspecified atom stereocenters. The number of aldehydes is 1. The van der Waals surface area contributed by atoms with E-state index in [1.807, 2.05) is 12.1 Å². The third kappa shape index (κ3) is 2.36. The molecule has 1 fully saturated rings. The van der Waals surface area contributed by atoms with Gasteiger partial charge in [0.1, 0.15) is 6.29 Å². The molecule has 1 aliphatic rings. The van der Waals surface area contributed by atoms with Gasteiger partial charge in [0.2, 0.25) is 0 Å². The SMILES string of the molecule is CC(C)c1cc(C=O)cc([C@H](C)C2CC2)c1N. The van der Waals surface area contributed by atoms with Gasteiger partial charge in [-0.05, 0) is 53.9 Å². The van der Waals surface area contributed by atoms with Crippen molar-refractivity contribution in [3.05, 3.63) is 28.8 Å². The van der Waals surface area contributed by atoms with E-state index in [1.165, 1.54) is 18.4 Å². The Morgan fingerprint density at radius 3 is 2.29 bits per heavy atom. The van der Waals surface area contributed by atoms with E-state index < -0.39 is 0 Å². The topological polar surface area (TPSA) is 43.1 Å². The Kier molecular flexibility index (Phi) is 3.23. The molecule has 2 N–H and O–H groups in total. The summed E-state index contributed by atoms with van der Waals surface area (Å²) in [5, 5.41) is 0. The van der Waals surface area contributed by atoms with Crippen LogP contribution in [0.1, 0.15) is 66.9 Å². The number of hydrogen-bond acceptors (Lipinski definition) is 2. The lowest BCUT2D eigenvalue weighted by Crippen LogP contribution is -2.07. The molecule has 1 aliphatic carbocycles. The standard InChI is InChI=1S/C15H21NO/c1-9(2)13-6-11(8-17)7-14(15(13)16)10(3)12-4-5-12/h6-10,12H,4-5,16H2,1-3H3/t10-/m1/s1. The van der Waals surface area contributed by atoms with Crippen molar-refractivity contribution in [3.63, 3.8) is 0 Å². The summed E-state index contributed by atoms with van der Waals surface area (Å²) in [4.78, 5) is 11.0. The number of nitrogens with two attached hydrogens (primary N) is 1. The number of benzene rings is 1. The molecule has 0 spiro atoms.